The number of carbonyl (C=O) groups is 1. The minimum Gasteiger partial charge on any atom is -0.494 e. The fraction of sp³-hybridized carbons (Fsp3) is 0.333. The first kappa shape index (κ1) is 11.5. The van der Waals surface area contributed by atoms with E-state index in [2.05, 4.69) is 4.98 Å². The molecule has 0 saturated carbocycles. The topological polar surface area (TPSA) is 65.2 Å². The predicted octanol–water partition coefficient (Wildman–Crippen LogP) is 1.30. The van der Waals surface area contributed by atoms with Gasteiger partial charge in [-0.05, 0) is 5.56 Å². The molecule has 82 valence electrons. The Bertz CT molecular complexity index is 369. The monoisotopic (exact) mass is 216 g/mol. The SMILES string of the molecule is COc1c(C=O)ncc(CN)c1C(F)F. The van der Waals surface area contributed by atoms with Crippen molar-refractivity contribution >= 4 is 6.29 Å². The second-order valence-corrected chi connectivity index (χ2v) is 2.74. The predicted molar refractivity (Wildman–Crippen MR) is 49.0 cm³/mol. The van der Waals surface area contributed by atoms with E-state index in [1.165, 1.54) is 7.11 Å². The van der Waals surface area contributed by atoms with Gasteiger partial charge in [0.05, 0.1) is 12.7 Å². The fourth-order valence-electron chi connectivity index (χ4n) is 1.26. The Hall–Kier alpha value is -1.56. The summed E-state index contributed by atoms with van der Waals surface area (Å²) in [5.74, 6) is -0.206. The average molecular weight is 216 g/mol. The molecule has 0 aliphatic rings. The van der Waals surface area contributed by atoms with Gasteiger partial charge in [0.15, 0.2) is 12.0 Å². The molecule has 0 fully saturated rings. The Morgan fingerprint density at radius 3 is 2.73 bits per heavy atom. The molecule has 0 saturated heterocycles. The third-order valence-electron chi connectivity index (χ3n) is 1.94. The molecular formula is C9H10F2N2O2. The number of halogens is 2. The van der Waals surface area contributed by atoms with Gasteiger partial charge in [0.25, 0.3) is 6.43 Å². The number of alkyl halides is 2. The molecule has 15 heavy (non-hydrogen) atoms. The van der Waals surface area contributed by atoms with E-state index in [1.54, 1.807) is 0 Å². The van der Waals surface area contributed by atoms with Gasteiger partial charge >= 0.3 is 0 Å². The molecular weight excluding hydrogens is 206 g/mol. The van der Waals surface area contributed by atoms with Crippen LogP contribution in [0.2, 0.25) is 0 Å². The zero-order chi connectivity index (χ0) is 11.4. The van der Waals surface area contributed by atoms with Crippen LogP contribution in [0.25, 0.3) is 0 Å². The van der Waals surface area contributed by atoms with Crippen molar-refractivity contribution in [1.29, 1.82) is 0 Å². The molecule has 0 bridgehead atoms. The number of pyridine rings is 1. The number of methoxy groups -OCH3 is 1. The van der Waals surface area contributed by atoms with E-state index < -0.39 is 6.43 Å². The van der Waals surface area contributed by atoms with E-state index in [9.17, 15) is 13.6 Å². The van der Waals surface area contributed by atoms with Gasteiger partial charge in [-0.25, -0.2) is 13.8 Å². The molecule has 0 unspecified atom stereocenters. The molecule has 4 nitrogen and oxygen atoms in total. The lowest BCUT2D eigenvalue weighted by Gasteiger charge is -2.12. The van der Waals surface area contributed by atoms with Gasteiger partial charge in [0.1, 0.15) is 5.69 Å². The molecule has 0 aliphatic heterocycles. The van der Waals surface area contributed by atoms with Crippen molar-refractivity contribution in [1.82, 2.24) is 4.98 Å². The summed E-state index contributed by atoms with van der Waals surface area (Å²) in [5, 5.41) is 0. The number of carbonyl (C=O) groups excluding carboxylic acids is 1. The molecule has 0 aliphatic carbocycles. The normalized spacial score (nSPS) is 10.5. The Kier molecular flexibility index (Phi) is 3.68. The quantitative estimate of drug-likeness (QED) is 0.770. The van der Waals surface area contributed by atoms with Crippen molar-refractivity contribution in [2.75, 3.05) is 7.11 Å². The molecule has 1 aromatic heterocycles. The summed E-state index contributed by atoms with van der Waals surface area (Å²) < 4.78 is 30.1. The fourth-order valence-corrected chi connectivity index (χ4v) is 1.26. The molecule has 0 aromatic carbocycles. The highest BCUT2D eigenvalue weighted by molar-refractivity contribution is 5.77. The first-order chi connectivity index (χ1) is 7.15. The standard InChI is InChI=1S/C9H10F2N2O2/c1-15-8-6(4-14)13-3-5(2-12)7(8)9(10)11/h3-4,9H,2,12H2,1H3. The number of nitrogens with two attached hydrogens (primary N) is 1. The van der Waals surface area contributed by atoms with Gasteiger partial charge in [0.2, 0.25) is 0 Å². The number of rotatable bonds is 4. The third-order valence-corrected chi connectivity index (χ3v) is 1.94. The van der Waals surface area contributed by atoms with Gasteiger partial charge in [-0.2, -0.15) is 0 Å². The molecule has 1 aromatic rings. The van der Waals surface area contributed by atoms with Crippen LogP contribution in [0.5, 0.6) is 5.75 Å². The van der Waals surface area contributed by atoms with Crippen LogP contribution in [0.3, 0.4) is 0 Å². The van der Waals surface area contributed by atoms with Crippen molar-refractivity contribution in [2.45, 2.75) is 13.0 Å². The van der Waals surface area contributed by atoms with Crippen molar-refractivity contribution in [3.63, 3.8) is 0 Å². The van der Waals surface area contributed by atoms with Crippen LogP contribution in [0.4, 0.5) is 8.78 Å². The smallest absolute Gasteiger partial charge is 0.267 e. The first-order valence-corrected chi connectivity index (χ1v) is 4.14. The Morgan fingerprint density at radius 2 is 2.33 bits per heavy atom. The van der Waals surface area contributed by atoms with E-state index in [0.717, 1.165) is 6.20 Å². The summed E-state index contributed by atoms with van der Waals surface area (Å²) in [6.45, 7) is -0.0812. The average Bonchev–Trinajstić information content (AvgIpc) is 2.26. The number of aldehydes is 1. The zero-order valence-corrected chi connectivity index (χ0v) is 8.04. The Labute approximate surface area is 85.1 Å². The van der Waals surface area contributed by atoms with Crippen LogP contribution in [-0.4, -0.2) is 18.4 Å². The molecule has 1 rings (SSSR count). The van der Waals surface area contributed by atoms with E-state index in [-0.39, 0.29) is 29.1 Å². The van der Waals surface area contributed by atoms with Gasteiger partial charge < -0.3 is 10.5 Å². The summed E-state index contributed by atoms with van der Waals surface area (Å²) in [4.78, 5) is 14.2. The maximum absolute atomic E-state index is 12.7. The van der Waals surface area contributed by atoms with Crippen LogP contribution in [0, 0.1) is 0 Å². The van der Waals surface area contributed by atoms with Crippen LogP contribution in [0.1, 0.15) is 28.0 Å². The Balaban J connectivity index is 3.44. The highest BCUT2D eigenvalue weighted by atomic mass is 19.3. The van der Waals surface area contributed by atoms with Gasteiger partial charge in [-0.3, -0.25) is 4.79 Å². The number of aromatic nitrogens is 1. The summed E-state index contributed by atoms with van der Waals surface area (Å²) in [7, 11) is 1.20. The lowest BCUT2D eigenvalue weighted by molar-refractivity contribution is 0.111. The van der Waals surface area contributed by atoms with Crippen molar-refractivity contribution in [2.24, 2.45) is 5.73 Å². The van der Waals surface area contributed by atoms with E-state index in [4.69, 9.17) is 10.5 Å². The van der Waals surface area contributed by atoms with Gasteiger partial charge in [-0.15, -0.1) is 0 Å². The van der Waals surface area contributed by atoms with Crippen molar-refractivity contribution in [3.8, 4) is 5.75 Å². The Morgan fingerprint density at radius 1 is 1.67 bits per heavy atom. The largest absolute Gasteiger partial charge is 0.494 e. The number of nitrogens with zero attached hydrogens (tertiary/aromatic N) is 1. The van der Waals surface area contributed by atoms with Crippen molar-refractivity contribution < 1.29 is 18.3 Å². The molecule has 0 atom stereocenters. The van der Waals surface area contributed by atoms with Crippen LogP contribution < -0.4 is 10.5 Å². The third kappa shape index (κ3) is 2.10. The maximum atomic E-state index is 12.7. The molecule has 1 heterocycles. The van der Waals surface area contributed by atoms with Crippen LogP contribution >= 0.6 is 0 Å². The van der Waals surface area contributed by atoms with Crippen LogP contribution in [0.15, 0.2) is 6.20 Å². The van der Waals surface area contributed by atoms with Gasteiger partial charge in [0, 0.05) is 12.7 Å². The summed E-state index contributed by atoms with van der Waals surface area (Å²) in [6, 6.07) is 0. The summed E-state index contributed by atoms with van der Waals surface area (Å²) in [6.07, 6.45) is -1.22. The second kappa shape index (κ2) is 4.79. The second-order valence-electron chi connectivity index (χ2n) is 2.74. The number of hydrogen-bond donors (Lipinski definition) is 1. The molecule has 0 amide bonds. The molecule has 0 radical (unpaired) electrons. The maximum Gasteiger partial charge on any atom is 0.267 e. The first-order valence-electron chi connectivity index (χ1n) is 4.14. The minimum absolute atomic E-state index is 0.0812. The minimum atomic E-state index is -2.75. The molecule has 2 N–H and O–H groups in total. The zero-order valence-electron chi connectivity index (χ0n) is 8.04. The van der Waals surface area contributed by atoms with Gasteiger partial charge in [-0.1, -0.05) is 0 Å². The van der Waals surface area contributed by atoms with E-state index in [0.29, 0.717) is 6.29 Å². The number of hydrogen-bond acceptors (Lipinski definition) is 4. The lowest BCUT2D eigenvalue weighted by atomic mass is 10.1. The molecule has 6 heteroatoms. The van der Waals surface area contributed by atoms with E-state index >= 15 is 0 Å². The summed E-state index contributed by atoms with van der Waals surface area (Å²) >= 11 is 0. The summed E-state index contributed by atoms with van der Waals surface area (Å²) in [5.41, 5.74) is 4.95. The molecule has 0 spiro atoms. The highest BCUT2D eigenvalue weighted by Gasteiger charge is 2.21. The number of ether oxygens (including phenoxy) is 1. The van der Waals surface area contributed by atoms with E-state index in [1.807, 2.05) is 0 Å². The van der Waals surface area contributed by atoms with Crippen molar-refractivity contribution in [3.05, 3.63) is 23.0 Å². The highest BCUT2D eigenvalue weighted by Crippen LogP contribution is 2.33. The van der Waals surface area contributed by atoms with Crippen LogP contribution in [-0.2, 0) is 6.54 Å². The lowest BCUT2D eigenvalue weighted by Crippen LogP contribution is -2.08.